The van der Waals surface area contributed by atoms with Crippen LogP contribution in [0.15, 0.2) is 30.3 Å². The fourth-order valence-corrected chi connectivity index (χ4v) is 4.80. The molecule has 0 saturated carbocycles. The fraction of sp³-hybridized carbons (Fsp3) is 0.429. The van der Waals surface area contributed by atoms with Crippen molar-refractivity contribution in [2.24, 2.45) is 5.92 Å². The van der Waals surface area contributed by atoms with E-state index in [2.05, 4.69) is 26.8 Å². The van der Waals surface area contributed by atoms with E-state index in [4.69, 9.17) is 9.72 Å². The first kappa shape index (κ1) is 23.1. The Morgan fingerprint density at radius 1 is 1.15 bits per heavy atom. The number of para-hydroxylation sites is 1. The number of aromatic hydroxyl groups is 1. The molecule has 1 aliphatic heterocycles. The number of fused-ring (bicyclic) bond motifs is 2. The molecule has 1 aliphatic rings. The second kappa shape index (κ2) is 8.36. The Morgan fingerprint density at radius 2 is 1.85 bits per heavy atom. The Bertz CT molecular complexity index is 1250. The SMILES string of the molecule is Cc1c(C)c2c(c(C)c1O)CCC(C)(C(=O)N(CC(C)C)c1cc(C)c3ccccc3n1)O2. The van der Waals surface area contributed by atoms with Crippen molar-refractivity contribution in [3.05, 3.63) is 58.1 Å². The molecule has 33 heavy (non-hydrogen) atoms. The van der Waals surface area contributed by atoms with Gasteiger partial charge >= 0.3 is 0 Å². The van der Waals surface area contributed by atoms with Crippen molar-refractivity contribution in [2.75, 3.05) is 11.4 Å². The summed E-state index contributed by atoms with van der Waals surface area (Å²) in [7, 11) is 0. The van der Waals surface area contributed by atoms with Gasteiger partial charge in [0.2, 0.25) is 0 Å². The molecule has 4 rings (SSSR count). The molecule has 0 spiro atoms. The van der Waals surface area contributed by atoms with E-state index in [1.54, 1.807) is 4.90 Å². The quantitative estimate of drug-likeness (QED) is 0.538. The molecule has 1 amide bonds. The van der Waals surface area contributed by atoms with Crippen LogP contribution in [0.4, 0.5) is 5.82 Å². The van der Waals surface area contributed by atoms with Crippen LogP contribution in [-0.4, -0.2) is 28.1 Å². The molecule has 2 aromatic carbocycles. The van der Waals surface area contributed by atoms with Crippen LogP contribution in [0.3, 0.4) is 0 Å². The number of amides is 1. The Balaban J connectivity index is 1.77. The van der Waals surface area contributed by atoms with Crippen LogP contribution in [0.25, 0.3) is 10.9 Å². The molecular weight excluding hydrogens is 412 g/mol. The third kappa shape index (κ3) is 3.94. The van der Waals surface area contributed by atoms with Crippen molar-refractivity contribution < 1.29 is 14.6 Å². The number of aryl methyl sites for hydroxylation is 1. The smallest absolute Gasteiger partial charge is 0.272 e. The third-order valence-corrected chi connectivity index (χ3v) is 6.95. The molecule has 3 aromatic rings. The Kier molecular flexibility index (Phi) is 5.85. The lowest BCUT2D eigenvalue weighted by molar-refractivity contribution is -0.134. The van der Waals surface area contributed by atoms with Gasteiger partial charge in [-0.1, -0.05) is 32.0 Å². The van der Waals surface area contributed by atoms with Gasteiger partial charge in [0.25, 0.3) is 5.91 Å². The molecule has 5 nitrogen and oxygen atoms in total. The average Bonchev–Trinajstić information content (AvgIpc) is 2.79. The van der Waals surface area contributed by atoms with Crippen molar-refractivity contribution in [1.29, 1.82) is 0 Å². The Morgan fingerprint density at radius 3 is 2.55 bits per heavy atom. The summed E-state index contributed by atoms with van der Waals surface area (Å²) in [6, 6.07) is 10.0. The van der Waals surface area contributed by atoms with Crippen molar-refractivity contribution in [3.8, 4) is 11.5 Å². The van der Waals surface area contributed by atoms with Gasteiger partial charge in [-0.15, -0.1) is 0 Å². The number of phenols is 1. The molecule has 1 unspecified atom stereocenters. The lowest BCUT2D eigenvalue weighted by atomic mass is 9.86. The second-order valence-corrected chi connectivity index (χ2v) is 9.99. The van der Waals surface area contributed by atoms with Crippen LogP contribution in [0.2, 0.25) is 0 Å². The highest BCUT2D eigenvalue weighted by atomic mass is 16.5. The second-order valence-electron chi connectivity index (χ2n) is 9.99. The molecule has 1 aromatic heterocycles. The molecule has 0 radical (unpaired) electrons. The van der Waals surface area contributed by atoms with E-state index >= 15 is 0 Å². The summed E-state index contributed by atoms with van der Waals surface area (Å²) in [6.45, 7) is 14.5. The summed E-state index contributed by atoms with van der Waals surface area (Å²) in [5.74, 6) is 1.91. The van der Waals surface area contributed by atoms with Gasteiger partial charge in [0.1, 0.15) is 17.3 Å². The van der Waals surface area contributed by atoms with Crippen LogP contribution >= 0.6 is 0 Å². The number of carbonyl (C=O) groups is 1. The number of pyridine rings is 1. The lowest BCUT2D eigenvalue weighted by Gasteiger charge is -2.40. The van der Waals surface area contributed by atoms with Crippen molar-refractivity contribution in [2.45, 2.75) is 66.9 Å². The first-order chi connectivity index (χ1) is 15.5. The number of ether oxygens (including phenoxy) is 1. The summed E-state index contributed by atoms with van der Waals surface area (Å²) in [5.41, 5.74) is 4.49. The first-order valence-corrected chi connectivity index (χ1v) is 11.7. The highest BCUT2D eigenvalue weighted by molar-refractivity contribution is 6.00. The number of benzene rings is 2. The zero-order valence-corrected chi connectivity index (χ0v) is 20.7. The highest BCUT2D eigenvalue weighted by Gasteiger charge is 2.44. The van der Waals surface area contributed by atoms with E-state index in [0.29, 0.717) is 31.0 Å². The number of carbonyl (C=O) groups excluding carboxylic acids is 1. The van der Waals surface area contributed by atoms with Gasteiger partial charge in [0.15, 0.2) is 5.60 Å². The molecule has 0 bridgehead atoms. The molecule has 0 aliphatic carbocycles. The molecule has 0 fully saturated rings. The minimum Gasteiger partial charge on any atom is -0.507 e. The summed E-state index contributed by atoms with van der Waals surface area (Å²) in [4.78, 5) is 20.7. The van der Waals surface area contributed by atoms with E-state index < -0.39 is 5.60 Å². The summed E-state index contributed by atoms with van der Waals surface area (Å²) < 4.78 is 6.50. The third-order valence-electron chi connectivity index (χ3n) is 6.95. The monoisotopic (exact) mass is 446 g/mol. The predicted molar refractivity (Wildman–Crippen MR) is 133 cm³/mol. The molecule has 2 heterocycles. The summed E-state index contributed by atoms with van der Waals surface area (Å²) in [5, 5.41) is 11.6. The summed E-state index contributed by atoms with van der Waals surface area (Å²) in [6.07, 6.45) is 1.22. The highest BCUT2D eigenvalue weighted by Crippen LogP contribution is 2.44. The van der Waals surface area contributed by atoms with Gasteiger partial charge < -0.3 is 9.84 Å². The molecule has 5 heteroatoms. The maximum atomic E-state index is 14.1. The molecule has 1 N–H and O–H groups in total. The largest absolute Gasteiger partial charge is 0.507 e. The van der Waals surface area contributed by atoms with Gasteiger partial charge in [-0.2, -0.15) is 0 Å². The van der Waals surface area contributed by atoms with Crippen molar-refractivity contribution in [3.63, 3.8) is 0 Å². The van der Waals surface area contributed by atoms with Crippen LogP contribution in [-0.2, 0) is 11.2 Å². The maximum absolute atomic E-state index is 14.1. The van der Waals surface area contributed by atoms with Gasteiger partial charge in [0, 0.05) is 23.9 Å². The predicted octanol–water partition coefficient (Wildman–Crippen LogP) is 5.95. The minimum absolute atomic E-state index is 0.0770. The minimum atomic E-state index is -1.01. The van der Waals surface area contributed by atoms with E-state index in [-0.39, 0.29) is 11.8 Å². The molecule has 0 saturated heterocycles. The molecular formula is C28H34N2O3. The van der Waals surface area contributed by atoms with E-state index in [1.165, 1.54) is 0 Å². The van der Waals surface area contributed by atoms with Crippen molar-refractivity contribution >= 4 is 22.6 Å². The Labute approximate surface area is 196 Å². The first-order valence-electron chi connectivity index (χ1n) is 11.7. The fourth-order valence-electron chi connectivity index (χ4n) is 4.80. The standard InChI is InChI=1S/C28H34N2O3/c1-16(2)15-30(24-14-17(3)21-10-8-9-11-23(21)29-24)27(32)28(7)13-12-22-20(6)25(31)18(4)19(5)26(22)33-28/h8-11,14,16,31H,12-13,15H2,1-7H3. The zero-order chi connectivity index (χ0) is 24.1. The van der Waals surface area contributed by atoms with E-state index in [9.17, 15) is 9.90 Å². The number of hydrogen-bond donors (Lipinski definition) is 1. The number of rotatable bonds is 4. The van der Waals surface area contributed by atoms with Gasteiger partial charge in [0.05, 0.1) is 5.52 Å². The Hall–Kier alpha value is -3.08. The number of anilines is 1. The number of nitrogens with zero attached hydrogens (tertiary/aromatic N) is 2. The van der Waals surface area contributed by atoms with Gasteiger partial charge in [-0.05, 0) is 81.3 Å². The van der Waals surface area contributed by atoms with Crippen LogP contribution in [0.5, 0.6) is 11.5 Å². The van der Waals surface area contributed by atoms with E-state index in [0.717, 1.165) is 44.5 Å². The number of aromatic nitrogens is 1. The van der Waals surface area contributed by atoms with Crippen molar-refractivity contribution in [1.82, 2.24) is 4.98 Å². The summed E-state index contributed by atoms with van der Waals surface area (Å²) >= 11 is 0. The average molecular weight is 447 g/mol. The lowest BCUT2D eigenvalue weighted by Crippen LogP contribution is -2.54. The van der Waals surface area contributed by atoms with Gasteiger partial charge in [-0.25, -0.2) is 4.98 Å². The normalized spacial score (nSPS) is 17.7. The van der Waals surface area contributed by atoms with Gasteiger partial charge in [-0.3, -0.25) is 9.69 Å². The molecule has 174 valence electrons. The van der Waals surface area contributed by atoms with E-state index in [1.807, 2.05) is 52.0 Å². The topological polar surface area (TPSA) is 62.7 Å². The maximum Gasteiger partial charge on any atom is 0.272 e. The van der Waals surface area contributed by atoms with Crippen LogP contribution in [0.1, 0.15) is 55.0 Å². The zero-order valence-electron chi connectivity index (χ0n) is 20.7. The molecule has 1 atom stereocenters. The number of hydrogen-bond acceptors (Lipinski definition) is 4. The number of phenolic OH excluding ortho intramolecular Hbond substituents is 1. The van der Waals surface area contributed by atoms with Crippen LogP contribution in [0, 0.1) is 33.6 Å². The van der Waals surface area contributed by atoms with Crippen LogP contribution < -0.4 is 9.64 Å².